The van der Waals surface area contributed by atoms with Crippen LogP contribution in [0.15, 0.2) is 41.3 Å². The lowest BCUT2D eigenvalue weighted by Gasteiger charge is -2.23. The number of amides is 1. The van der Waals surface area contributed by atoms with Crippen molar-refractivity contribution in [2.45, 2.75) is 30.8 Å². The van der Waals surface area contributed by atoms with E-state index in [9.17, 15) is 31.5 Å². The summed E-state index contributed by atoms with van der Waals surface area (Å²) in [5.74, 6) is -4.40. The van der Waals surface area contributed by atoms with Crippen molar-refractivity contribution in [1.82, 2.24) is 4.31 Å². The molecule has 3 rings (SSSR count). The molecule has 1 amide bonds. The predicted molar refractivity (Wildman–Crippen MR) is 104 cm³/mol. The molecule has 2 aromatic carbocycles. The molecule has 162 valence electrons. The molecule has 30 heavy (non-hydrogen) atoms. The van der Waals surface area contributed by atoms with E-state index in [1.807, 2.05) is 0 Å². The fourth-order valence-electron chi connectivity index (χ4n) is 3.27. The third kappa shape index (κ3) is 4.66. The first-order valence-corrected chi connectivity index (χ1v) is 10.8. The zero-order chi connectivity index (χ0) is 22.1. The average Bonchev–Trinajstić information content (AvgIpc) is 2.86. The van der Waals surface area contributed by atoms with E-state index >= 15 is 0 Å². The highest BCUT2D eigenvalue weighted by Crippen LogP contribution is 2.26. The standard InChI is InChI=1S/C20H21F3N2O4S/c1-12-11-25(8-2-3-18(12)26)30(28,29)19-9-13(4-6-16(19)22)20(27)24-14-5-7-15(21)17(23)10-14/h4-7,9-10,12,18,26H,2-3,8,11H2,1H3,(H,24,27). The van der Waals surface area contributed by atoms with Crippen LogP contribution in [-0.2, 0) is 10.0 Å². The molecule has 6 nitrogen and oxygen atoms in total. The second-order valence-corrected chi connectivity index (χ2v) is 9.18. The van der Waals surface area contributed by atoms with Crippen LogP contribution in [0.2, 0.25) is 0 Å². The molecule has 1 saturated heterocycles. The molecule has 10 heteroatoms. The molecule has 0 radical (unpaired) electrons. The number of hydrogen-bond donors (Lipinski definition) is 2. The summed E-state index contributed by atoms with van der Waals surface area (Å²) < 4.78 is 67.9. The molecule has 1 fully saturated rings. The molecule has 2 unspecified atom stereocenters. The SMILES string of the molecule is CC1CN(S(=O)(=O)c2cc(C(=O)Nc3ccc(F)c(F)c3)ccc2F)CCCC1O. The Kier molecular flexibility index (Phi) is 6.49. The molecule has 2 atom stereocenters. The molecule has 1 aliphatic rings. The highest BCUT2D eigenvalue weighted by atomic mass is 32.2. The number of carbonyl (C=O) groups is 1. The van der Waals surface area contributed by atoms with Gasteiger partial charge in [0.15, 0.2) is 11.6 Å². The van der Waals surface area contributed by atoms with Gasteiger partial charge in [-0.15, -0.1) is 0 Å². The number of aliphatic hydroxyl groups is 1. The summed E-state index contributed by atoms with van der Waals surface area (Å²) >= 11 is 0. The van der Waals surface area contributed by atoms with Crippen LogP contribution in [0.4, 0.5) is 18.9 Å². The Labute approximate surface area is 172 Å². The molecular formula is C20H21F3N2O4S. The summed E-state index contributed by atoms with van der Waals surface area (Å²) in [6, 6.07) is 5.62. The molecule has 0 saturated carbocycles. The maximum Gasteiger partial charge on any atom is 0.255 e. The highest BCUT2D eigenvalue weighted by molar-refractivity contribution is 7.89. The van der Waals surface area contributed by atoms with Crippen molar-refractivity contribution in [3.63, 3.8) is 0 Å². The van der Waals surface area contributed by atoms with E-state index in [1.54, 1.807) is 6.92 Å². The largest absolute Gasteiger partial charge is 0.393 e. The molecule has 0 bridgehead atoms. The van der Waals surface area contributed by atoms with Crippen molar-refractivity contribution in [2.75, 3.05) is 18.4 Å². The van der Waals surface area contributed by atoms with E-state index in [0.717, 1.165) is 40.7 Å². The van der Waals surface area contributed by atoms with Gasteiger partial charge in [-0.25, -0.2) is 21.6 Å². The van der Waals surface area contributed by atoms with Gasteiger partial charge in [-0.3, -0.25) is 4.79 Å². The highest BCUT2D eigenvalue weighted by Gasteiger charge is 2.33. The van der Waals surface area contributed by atoms with Gasteiger partial charge in [0.2, 0.25) is 10.0 Å². The van der Waals surface area contributed by atoms with Crippen molar-refractivity contribution >= 4 is 21.6 Å². The van der Waals surface area contributed by atoms with E-state index in [4.69, 9.17) is 0 Å². The van der Waals surface area contributed by atoms with Gasteiger partial charge in [0.05, 0.1) is 6.10 Å². The number of nitrogens with zero attached hydrogens (tertiary/aromatic N) is 1. The number of benzene rings is 2. The second kappa shape index (κ2) is 8.75. The fourth-order valence-corrected chi connectivity index (χ4v) is 4.94. The Morgan fingerprint density at radius 2 is 1.80 bits per heavy atom. The number of anilines is 1. The third-order valence-electron chi connectivity index (χ3n) is 5.04. The summed E-state index contributed by atoms with van der Waals surface area (Å²) in [5, 5.41) is 12.3. The lowest BCUT2D eigenvalue weighted by atomic mass is 10.0. The topological polar surface area (TPSA) is 86.7 Å². The van der Waals surface area contributed by atoms with Gasteiger partial charge >= 0.3 is 0 Å². The van der Waals surface area contributed by atoms with Crippen LogP contribution in [0.1, 0.15) is 30.1 Å². The molecule has 0 aromatic heterocycles. The first-order chi connectivity index (χ1) is 14.1. The Bertz CT molecular complexity index is 1060. The smallest absolute Gasteiger partial charge is 0.255 e. The second-order valence-electron chi connectivity index (χ2n) is 7.28. The minimum absolute atomic E-state index is 0.0220. The number of halogens is 3. The van der Waals surface area contributed by atoms with Crippen molar-refractivity contribution in [2.24, 2.45) is 5.92 Å². The van der Waals surface area contributed by atoms with Gasteiger partial charge in [0.1, 0.15) is 10.7 Å². The fraction of sp³-hybridized carbons (Fsp3) is 0.350. The van der Waals surface area contributed by atoms with Crippen LogP contribution in [0, 0.1) is 23.4 Å². The number of hydrogen-bond acceptors (Lipinski definition) is 4. The van der Waals surface area contributed by atoms with Crippen molar-refractivity contribution in [3.8, 4) is 0 Å². The van der Waals surface area contributed by atoms with Crippen LogP contribution in [0.5, 0.6) is 0 Å². The van der Waals surface area contributed by atoms with Gasteiger partial charge in [0.25, 0.3) is 5.91 Å². The molecule has 0 spiro atoms. The van der Waals surface area contributed by atoms with E-state index in [1.165, 1.54) is 0 Å². The minimum Gasteiger partial charge on any atom is -0.393 e. The molecule has 2 aromatic rings. The van der Waals surface area contributed by atoms with Gasteiger partial charge < -0.3 is 10.4 Å². The summed E-state index contributed by atoms with van der Waals surface area (Å²) in [6.45, 7) is 1.85. The molecule has 0 aliphatic carbocycles. The number of nitrogens with one attached hydrogen (secondary N) is 1. The Balaban J connectivity index is 1.88. The van der Waals surface area contributed by atoms with E-state index < -0.39 is 44.4 Å². The summed E-state index contributed by atoms with van der Waals surface area (Å²) in [7, 11) is -4.26. The number of aliphatic hydroxyl groups excluding tert-OH is 1. The van der Waals surface area contributed by atoms with Gasteiger partial charge in [0, 0.05) is 30.4 Å². The van der Waals surface area contributed by atoms with Crippen LogP contribution < -0.4 is 5.32 Å². The van der Waals surface area contributed by atoms with Crippen LogP contribution in [-0.4, -0.2) is 42.9 Å². The number of carbonyl (C=O) groups excluding carboxylic acids is 1. The van der Waals surface area contributed by atoms with Crippen LogP contribution >= 0.6 is 0 Å². The maximum atomic E-state index is 14.4. The average molecular weight is 442 g/mol. The number of sulfonamides is 1. The normalized spacial score (nSPS) is 20.6. The van der Waals surface area contributed by atoms with E-state index in [-0.39, 0.29) is 30.3 Å². The van der Waals surface area contributed by atoms with Crippen LogP contribution in [0.25, 0.3) is 0 Å². The monoisotopic (exact) mass is 442 g/mol. The first-order valence-electron chi connectivity index (χ1n) is 9.34. The Morgan fingerprint density at radius 3 is 2.50 bits per heavy atom. The van der Waals surface area contributed by atoms with Crippen LogP contribution in [0.3, 0.4) is 0 Å². The molecule has 1 heterocycles. The van der Waals surface area contributed by atoms with E-state index in [2.05, 4.69) is 5.32 Å². The first kappa shape index (κ1) is 22.3. The Morgan fingerprint density at radius 1 is 1.10 bits per heavy atom. The van der Waals surface area contributed by atoms with Crippen molar-refractivity contribution < 1.29 is 31.5 Å². The lowest BCUT2D eigenvalue weighted by Crippen LogP contribution is -2.36. The zero-order valence-corrected chi connectivity index (χ0v) is 16.9. The minimum atomic E-state index is -4.26. The number of rotatable bonds is 4. The molecular weight excluding hydrogens is 421 g/mol. The zero-order valence-electron chi connectivity index (χ0n) is 16.1. The molecule has 2 N–H and O–H groups in total. The Hall–Kier alpha value is -2.43. The quantitative estimate of drug-likeness (QED) is 0.762. The summed E-state index contributed by atoms with van der Waals surface area (Å²) in [5.41, 5.74) is -0.203. The lowest BCUT2D eigenvalue weighted by molar-refractivity contribution is 0.102. The summed E-state index contributed by atoms with van der Waals surface area (Å²) in [4.78, 5) is 11.8. The van der Waals surface area contributed by atoms with E-state index in [0.29, 0.717) is 12.8 Å². The van der Waals surface area contributed by atoms with Gasteiger partial charge in [-0.2, -0.15) is 4.31 Å². The van der Waals surface area contributed by atoms with Gasteiger partial charge in [-0.1, -0.05) is 6.92 Å². The maximum absolute atomic E-state index is 14.4. The van der Waals surface area contributed by atoms with Crippen molar-refractivity contribution in [3.05, 3.63) is 59.4 Å². The van der Waals surface area contributed by atoms with Crippen molar-refractivity contribution in [1.29, 1.82) is 0 Å². The van der Waals surface area contributed by atoms with Gasteiger partial charge in [-0.05, 0) is 49.1 Å². The molecule has 1 aliphatic heterocycles. The summed E-state index contributed by atoms with van der Waals surface area (Å²) in [6.07, 6.45) is 0.206. The predicted octanol–water partition coefficient (Wildman–Crippen LogP) is 3.14. The third-order valence-corrected chi connectivity index (χ3v) is 6.92.